The van der Waals surface area contributed by atoms with Crippen molar-refractivity contribution < 1.29 is 9.53 Å². The average molecular weight is 327 g/mol. The molecule has 0 aliphatic carbocycles. The van der Waals surface area contributed by atoms with E-state index in [1.807, 2.05) is 80.6 Å². The highest BCUT2D eigenvalue weighted by molar-refractivity contribution is 6.14. The van der Waals surface area contributed by atoms with Crippen LogP contribution in [0.5, 0.6) is 5.75 Å². The van der Waals surface area contributed by atoms with Crippen LogP contribution in [0.1, 0.15) is 21.5 Å². The molecule has 1 heterocycles. The number of hydrogen-bond acceptors (Lipinski definition) is 3. The van der Waals surface area contributed by atoms with Gasteiger partial charge in [0.15, 0.2) is 0 Å². The van der Waals surface area contributed by atoms with Crippen LogP contribution in [0.3, 0.4) is 0 Å². The van der Waals surface area contributed by atoms with Crippen LogP contribution in [0.2, 0.25) is 0 Å². The molecule has 0 aliphatic rings. The Hall–Kier alpha value is -3.20. The Balaban J connectivity index is 1.93. The monoisotopic (exact) mass is 327 g/mol. The minimum atomic E-state index is -0.354. The molecule has 0 aliphatic heterocycles. The molecule has 3 nitrogen and oxygen atoms in total. The highest BCUT2D eigenvalue weighted by atomic mass is 16.5. The number of fused-ring (bicyclic) bond motifs is 2. The fourth-order valence-corrected chi connectivity index (χ4v) is 3.16. The third-order valence-corrected chi connectivity index (χ3v) is 4.40. The molecular formula is C22H17NO2. The van der Waals surface area contributed by atoms with Gasteiger partial charge in [-0.25, -0.2) is 9.78 Å². The van der Waals surface area contributed by atoms with Crippen LogP contribution >= 0.6 is 0 Å². The lowest BCUT2D eigenvalue weighted by Gasteiger charge is -2.13. The van der Waals surface area contributed by atoms with E-state index in [9.17, 15) is 4.79 Å². The number of aryl methyl sites for hydroxylation is 2. The van der Waals surface area contributed by atoms with Crippen molar-refractivity contribution in [2.75, 3.05) is 0 Å². The second kappa shape index (κ2) is 6.02. The molecule has 0 spiro atoms. The Labute approximate surface area is 145 Å². The molecule has 25 heavy (non-hydrogen) atoms. The normalized spacial score (nSPS) is 11.0. The minimum Gasteiger partial charge on any atom is -0.422 e. The first-order valence-corrected chi connectivity index (χ1v) is 8.21. The van der Waals surface area contributed by atoms with Gasteiger partial charge in [-0.2, -0.15) is 0 Å². The average Bonchev–Trinajstić information content (AvgIpc) is 2.62. The maximum atomic E-state index is 13.1. The van der Waals surface area contributed by atoms with Gasteiger partial charge in [-0.15, -0.1) is 0 Å². The molecule has 4 rings (SSSR count). The minimum absolute atomic E-state index is 0.354. The summed E-state index contributed by atoms with van der Waals surface area (Å²) >= 11 is 0. The molecule has 0 radical (unpaired) electrons. The van der Waals surface area contributed by atoms with Crippen LogP contribution in [0.15, 0.2) is 66.7 Å². The maximum absolute atomic E-state index is 13.1. The van der Waals surface area contributed by atoms with Crippen molar-refractivity contribution >= 4 is 27.8 Å². The van der Waals surface area contributed by atoms with Crippen molar-refractivity contribution in [1.29, 1.82) is 0 Å². The van der Waals surface area contributed by atoms with Gasteiger partial charge < -0.3 is 4.74 Å². The van der Waals surface area contributed by atoms with Crippen molar-refractivity contribution in [3.8, 4) is 5.75 Å². The number of carbonyl (C=O) groups excluding carboxylic acids is 1. The molecule has 0 saturated carbocycles. The molecule has 1 aromatic heterocycles. The lowest BCUT2D eigenvalue weighted by molar-refractivity contribution is 0.0736. The standard InChI is InChI=1S/C22H17NO2/c1-14-8-7-9-15(2)21(14)25-22(24)20-16-10-3-5-12-18(16)23-19-13-6-4-11-17(19)20/h3-13H,1-2H3. The van der Waals surface area contributed by atoms with E-state index in [0.29, 0.717) is 11.3 Å². The summed E-state index contributed by atoms with van der Waals surface area (Å²) in [6.45, 7) is 3.89. The summed E-state index contributed by atoms with van der Waals surface area (Å²) in [7, 11) is 0. The van der Waals surface area contributed by atoms with Crippen LogP contribution in [-0.2, 0) is 0 Å². The fraction of sp³-hybridized carbons (Fsp3) is 0.0909. The van der Waals surface area contributed by atoms with E-state index in [-0.39, 0.29) is 5.97 Å². The summed E-state index contributed by atoms with van der Waals surface area (Å²) in [6, 6.07) is 21.2. The second-order valence-corrected chi connectivity index (χ2v) is 6.13. The Morgan fingerprint density at radius 1 is 0.760 bits per heavy atom. The van der Waals surface area contributed by atoms with Crippen molar-refractivity contribution in [2.24, 2.45) is 0 Å². The molecule has 0 bridgehead atoms. The van der Waals surface area contributed by atoms with Crippen LogP contribution in [0.25, 0.3) is 21.8 Å². The molecule has 3 heteroatoms. The van der Waals surface area contributed by atoms with E-state index in [1.54, 1.807) is 0 Å². The maximum Gasteiger partial charge on any atom is 0.344 e. The van der Waals surface area contributed by atoms with Crippen LogP contribution in [0, 0.1) is 13.8 Å². The number of nitrogens with zero attached hydrogens (tertiary/aromatic N) is 1. The topological polar surface area (TPSA) is 39.2 Å². The predicted molar refractivity (Wildman–Crippen MR) is 100 cm³/mol. The number of benzene rings is 3. The molecule has 0 atom stereocenters. The first-order valence-electron chi connectivity index (χ1n) is 8.21. The van der Waals surface area contributed by atoms with Crippen molar-refractivity contribution in [1.82, 2.24) is 4.98 Å². The number of hydrogen-bond donors (Lipinski definition) is 0. The summed E-state index contributed by atoms with van der Waals surface area (Å²) in [5.41, 5.74) is 4.01. The molecule has 0 fully saturated rings. The van der Waals surface area contributed by atoms with Crippen LogP contribution in [-0.4, -0.2) is 11.0 Å². The highest BCUT2D eigenvalue weighted by Gasteiger charge is 2.19. The Morgan fingerprint density at radius 3 is 1.84 bits per heavy atom. The zero-order chi connectivity index (χ0) is 17.4. The van der Waals surface area contributed by atoms with Gasteiger partial charge in [0.25, 0.3) is 0 Å². The summed E-state index contributed by atoms with van der Waals surface area (Å²) < 4.78 is 5.81. The van der Waals surface area contributed by atoms with Crippen molar-refractivity contribution in [3.63, 3.8) is 0 Å². The number of para-hydroxylation sites is 3. The van der Waals surface area contributed by atoms with Gasteiger partial charge in [-0.05, 0) is 37.1 Å². The Bertz CT molecular complexity index is 1040. The molecule has 0 N–H and O–H groups in total. The summed E-state index contributed by atoms with van der Waals surface area (Å²) in [5, 5.41) is 1.61. The Kier molecular flexibility index (Phi) is 3.69. The first kappa shape index (κ1) is 15.3. The SMILES string of the molecule is Cc1cccc(C)c1OC(=O)c1c2ccccc2nc2ccccc12. The van der Waals surface area contributed by atoms with Gasteiger partial charge in [0.1, 0.15) is 5.75 Å². The number of aromatic nitrogens is 1. The van der Waals surface area contributed by atoms with Gasteiger partial charge in [-0.1, -0.05) is 54.6 Å². The summed E-state index contributed by atoms with van der Waals surface area (Å²) in [4.78, 5) is 17.8. The van der Waals surface area contributed by atoms with Gasteiger partial charge in [0.05, 0.1) is 16.6 Å². The molecule has 0 unspecified atom stereocenters. The van der Waals surface area contributed by atoms with E-state index in [0.717, 1.165) is 32.9 Å². The fourth-order valence-electron chi connectivity index (χ4n) is 3.16. The molecule has 122 valence electrons. The summed E-state index contributed by atoms with van der Waals surface area (Å²) in [6.07, 6.45) is 0. The smallest absolute Gasteiger partial charge is 0.344 e. The molecule has 0 saturated heterocycles. The van der Waals surface area contributed by atoms with Crippen molar-refractivity contribution in [3.05, 3.63) is 83.4 Å². The quantitative estimate of drug-likeness (QED) is 0.288. The van der Waals surface area contributed by atoms with Gasteiger partial charge in [0.2, 0.25) is 0 Å². The number of esters is 1. The number of pyridine rings is 1. The summed E-state index contributed by atoms with van der Waals surface area (Å²) in [5.74, 6) is 0.268. The largest absolute Gasteiger partial charge is 0.422 e. The molecule has 4 aromatic rings. The molecular weight excluding hydrogens is 310 g/mol. The second-order valence-electron chi connectivity index (χ2n) is 6.13. The molecule has 3 aromatic carbocycles. The van der Waals surface area contributed by atoms with E-state index in [1.165, 1.54) is 0 Å². The Morgan fingerprint density at radius 2 is 1.28 bits per heavy atom. The van der Waals surface area contributed by atoms with Gasteiger partial charge in [0, 0.05) is 10.8 Å². The third kappa shape index (κ3) is 2.64. The number of carbonyl (C=O) groups is 1. The highest BCUT2D eigenvalue weighted by Crippen LogP contribution is 2.29. The van der Waals surface area contributed by atoms with E-state index in [4.69, 9.17) is 4.74 Å². The van der Waals surface area contributed by atoms with E-state index < -0.39 is 0 Å². The zero-order valence-electron chi connectivity index (χ0n) is 14.1. The lowest BCUT2D eigenvalue weighted by atomic mass is 10.0. The van der Waals surface area contributed by atoms with E-state index in [2.05, 4.69) is 4.98 Å². The first-order chi connectivity index (χ1) is 12.1. The van der Waals surface area contributed by atoms with Crippen LogP contribution in [0.4, 0.5) is 0 Å². The van der Waals surface area contributed by atoms with Crippen molar-refractivity contribution in [2.45, 2.75) is 13.8 Å². The van der Waals surface area contributed by atoms with Gasteiger partial charge in [-0.3, -0.25) is 0 Å². The lowest BCUT2D eigenvalue weighted by Crippen LogP contribution is -2.12. The number of ether oxygens (including phenoxy) is 1. The number of rotatable bonds is 2. The van der Waals surface area contributed by atoms with Gasteiger partial charge >= 0.3 is 5.97 Å². The zero-order valence-corrected chi connectivity index (χ0v) is 14.1. The predicted octanol–water partition coefficient (Wildman–Crippen LogP) is 5.22. The third-order valence-electron chi connectivity index (χ3n) is 4.40. The van der Waals surface area contributed by atoms with E-state index >= 15 is 0 Å². The molecule has 0 amide bonds. The van der Waals surface area contributed by atoms with Crippen LogP contribution < -0.4 is 4.74 Å².